The number of amides is 1. The van der Waals surface area contributed by atoms with E-state index in [1.165, 1.54) is 24.0 Å². The Hall–Kier alpha value is -1.55. The van der Waals surface area contributed by atoms with Gasteiger partial charge >= 0.3 is 6.09 Å². The highest BCUT2D eigenvalue weighted by atomic mass is 16.6. The predicted octanol–water partition coefficient (Wildman–Crippen LogP) is 3.22. The van der Waals surface area contributed by atoms with Gasteiger partial charge in [0.25, 0.3) is 0 Å². The SMILES string of the molecule is CC(C)(C)OC(=O)N1c2cccc(C3CC3)c2C[C@@H]1CO. The van der Waals surface area contributed by atoms with E-state index < -0.39 is 5.60 Å². The zero-order valence-corrected chi connectivity index (χ0v) is 12.9. The van der Waals surface area contributed by atoms with Crippen LogP contribution in [0.4, 0.5) is 10.5 Å². The third-order valence-electron chi connectivity index (χ3n) is 4.07. The summed E-state index contributed by atoms with van der Waals surface area (Å²) in [6, 6.07) is 5.91. The fourth-order valence-corrected chi connectivity index (χ4v) is 3.05. The van der Waals surface area contributed by atoms with E-state index in [-0.39, 0.29) is 18.7 Å². The summed E-state index contributed by atoms with van der Waals surface area (Å²) in [7, 11) is 0. The van der Waals surface area contributed by atoms with Gasteiger partial charge in [0.2, 0.25) is 0 Å². The van der Waals surface area contributed by atoms with Gasteiger partial charge in [-0.15, -0.1) is 0 Å². The highest BCUT2D eigenvalue weighted by molar-refractivity contribution is 5.92. The quantitative estimate of drug-likeness (QED) is 0.909. The normalized spacial score (nSPS) is 21.3. The van der Waals surface area contributed by atoms with Crippen molar-refractivity contribution in [3.63, 3.8) is 0 Å². The van der Waals surface area contributed by atoms with Gasteiger partial charge in [-0.05, 0) is 63.1 Å². The van der Waals surface area contributed by atoms with Crippen LogP contribution in [-0.4, -0.2) is 29.4 Å². The first-order chi connectivity index (χ1) is 9.90. The Kier molecular flexibility index (Phi) is 3.44. The minimum Gasteiger partial charge on any atom is -0.443 e. The molecule has 1 aromatic carbocycles. The van der Waals surface area contributed by atoms with Gasteiger partial charge in [-0.1, -0.05) is 12.1 Å². The van der Waals surface area contributed by atoms with Crippen molar-refractivity contribution >= 4 is 11.8 Å². The number of carbonyl (C=O) groups excluding carboxylic acids is 1. The smallest absolute Gasteiger partial charge is 0.415 e. The molecule has 0 radical (unpaired) electrons. The van der Waals surface area contributed by atoms with E-state index in [0.717, 1.165) is 12.1 Å². The summed E-state index contributed by atoms with van der Waals surface area (Å²) in [4.78, 5) is 14.1. The number of anilines is 1. The molecule has 1 amide bonds. The van der Waals surface area contributed by atoms with Crippen LogP contribution in [0.25, 0.3) is 0 Å². The average molecular weight is 289 g/mol. The van der Waals surface area contributed by atoms with E-state index in [0.29, 0.717) is 5.92 Å². The van der Waals surface area contributed by atoms with Crippen molar-refractivity contribution in [3.05, 3.63) is 29.3 Å². The van der Waals surface area contributed by atoms with Gasteiger partial charge in [0.1, 0.15) is 5.60 Å². The van der Waals surface area contributed by atoms with Crippen molar-refractivity contribution < 1.29 is 14.6 Å². The second-order valence-electron chi connectivity index (χ2n) is 7.01. The van der Waals surface area contributed by atoms with Crippen LogP contribution in [0.15, 0.2) is 18.2 Å². The molecule has 1 atom stereocenters. The van der Waals surface area contributed by atoms with Crippen LogP contribution in [-0.2, 0) is 11.2 Å². The fraction of sp³-hybridized carbons (Fsp3) is 0.588. The number of aliphatic hydroxyl groups is 1. The Morgan fingerprint density at radius 1 is 1.38 bits per heavy atom. The molecular formula is C17H23NO3. The van der Waals surface area contributed by atoms with E-state index >= 15 is 0 Å². The molecule has 1 saturated carbocycles. The first-order valence-electron chi connectivity index (χ1n) is 7.65. The molecule has 114 valence electrons. The first kappa shape index (κ1) is 14.4. The van der Waals surface area contributed by atoms with E-state index in [2.05, 4.69) is 6.07 Å². The lowest BCUT2D eigenvalue weighted by molar-refractivity contribution is 0.0557. The third kappa shape index (κ3) is 2.77. The molecule has 4 heteroatoms. The summed E-state index contributed by atoms with van der Waals surface area (Å²) in [6.45, 7) is 5.53. The third-order valence-corrected chi connectivity index (χ3v) is 4.07. The van der Waals surface area contributed by atoms with Crippen LogP contribution in [0.1, 0.15) is 50.7 Å². The van der Waals surface area contributed by atoms with E-state index in [4.69, 9.17) is 4.74 Å². The molecule has 0 bridgehead atoms. The largest absolute Gasteiger partial charge is 0.443 e. The summed E-state index contributed by atoms with van der Waals surface area (Å²) in [5, 5.41) is 9.65. The van der Waals surface area contributed by atoms with Crippen LogP contribution >= 0.6 is 0 Å². The highest BCUT2D eigenvalue weighted by Gasteiger charge is 2.39. The number of ether oxygens (including phenoxy) is 1. The van der Waals surface area contributed by atoms with Crippen LogP contribution in [0.5, 0.6) is 0 Å². The number of rotatable bonds is 2. The lowest BCUT2D eigenvalue weighted by Crippen LogP contribution is -2.43. The minimum absolute atomic E-state index is 0.0436. The van der Waals surface area contributed by atoms with Crippen LogP contribution < -0.4 is 4.90 Å². The molecule has 1 fully saturated rings. The van der Waals surface area contributed by atoms with Crippen molar-refractivity contribution in [3.8, 4) is 0 Å². The zero-order valence-electron chi connectivity index (χ0n) is 12.9. The van der Waals surface area contributed by atoms with Crippen molar-refractivity contribution in [1.82, 2.24) is 0 Å². The summed E-state index contributed by atoms with van der Waals surface area (Å²) < 4.78 is 5.50. The van der Waals surface area contributed by atoms with E-state index in [9.17, 15) is 9.90 Å². The van der Waals surface area contributed by atoms with Crippen molar-refractivity contribution in [2.75, 3.05) is 11.5 Å². The highest BCUT2D eigenvalue weighted by Crippen LogP contribution is 2.46. The Bertz CT molecular complexity index is 558. The maximum Gasteiger partial charge on any atom is 0.415 e. The van der Waals surface area contributed by atoms with Gasteiger partial charge in [0.05, 0.1) is 18.3 Å². The molecule has 0 unspecified atom stereocenters. The van der Waals surface area contributed by atoms with Gasteiger partial charge in [0, 0.05) is 0 Å². The number of nitrogens with zero attached hydrogens (tertiary/aromatic N) is 1. The molecule has 0 saturated heterocycles. The monoisotopic (exact) mass is 289 g/mol. The Labute approximate surface area is 125 Å². The van der Waals surface area contributed by atoms with Gasteiger partial charge in [-0.25, -0.2) is 4.79 Å². The molecule has 1 N–H and O–H groups in total. The molecule has 2 aliphatic rings. The molecule has 21 heavy (non-hydrogen) atoms. The Morgan fingerprint density at radius 2 is 2.10 bits per heavy atom. The number of hydrogen-bond donors (Lipinski definition) is 1. The Morgan fingerprint density at radius 3 is 2.67 bits per heavy atom. The molecular weight excluding hydrogens is 266 g/mol. The van der Waals surface area contributed by atoms with Crippen molar-refractivity contribution in [2.24, 2.45) is 0 Å². The maximum atomic E-state index is 12.5. The van der Waals surface area contributed by atoms with Gasteiger partial charge in [0.15, 0.2) is 0 Å². The van der Waals surface area contributed by atoms with Gasteiger partial charge < -0.3 is 9.84 Å². The first-order valence-corrected chi connectivity index (χ1v) is 7.65. The average Bonchev–Trinajstić information content (AvgIpc) is 3.15. The fourth-order valence-electron chi connectivity index (χ4n) is 3.05. The number of hydrogen-bond acceptors (Lipinski definition) is 3. The predicted molar refractivity (Wildman–Crippen MR) is 81.7 cm³/mol. The number of carbonyl (C=O) groups is 1. The standard InChI is InChI=1S/C17H23NO3/c1-17(2,3)21-16(20)18-12(10-19)9-14-13(11-7-8-11)5-4-6-15(14)18/h4-6,11-12,19H,7-10H2,1-3H3/t12-/m1/s1. The maximum absolute atomic E-state index is 12.5. The number of benzene rings is 1. The lowest BCUT2D eigenvalue weighted by atomic mass is 10.00. The molecule has 0 spiro atoms. The Balaban J connectivity index is 1.94. The molecule has 3 rings (SSSR count). The van der Waals surface area contributed by atoms with Crippen molar-refractivity contribution in [2.45, 2.75) is 57.6 Å². The molecule has 1 aliphatic carbocycles. The molecule has 1 aliphatic heterocycles. The molecule has 4 nitrogen and oxygen atoms in total. The topological polar surface area (TPSA) is 49.8 Å². The van der Waals surface area contributed by atoms with Crippen molar-refractivity contribution in [1.29, 1.82) is 0 Å². The second kappa shape index (κ2) is 5.02. The minimum atomic E-state index is -0.534. The molecule has 1 aromatic rings. The summed E-state index contributed by atoms with van der Waals surface area (Å²) in [5.74, 6) is 0.637. The lowest BCUT2D eigenvalue weighted by Gasteiger charge is -2.28. The molecule has 0 aromatic heterocycles. The van der Waals surface area contributed by atoms with Crippen LogP contribution in [0.2, 0.25) is 0 Å². The summed E-state index contributed by atoms with van der Waals surface area (Å²) in [6.07, 6.45) is 2.81. The van der Waals surface area contributed by atoms with E-state index in [1.54, 1.807) is 4.90 Å². The summed E-state index contributed by atoms with van der Waals surface area (Å²) >= 11 is 0. The van der Waals surface area contributed by atoms with Gasteiger partial charge in [-0.2, -0.15) is 0 Å². The van der Waals surface area contributed by atoms with E-state index in [1.807, 2.05) is 32.9 Å². The number of fused-ring (bicyclic) bond motifs is 1. The second-order valence-corrected chi connectivity index (χ2v) is 7.01. The zero-order chi connectivity index (χ0) is 15.2. The van der Waals surface area contributed by atoms with Gasteiger partial charge in [-0.3, -0.25) is 4.90 Å². The van der Waals surface area contributed by atoms with Crippen LogP contribution in [0, 0.1) is 0 Å². The number of aliphatic hydroxyl groups excluding tert-OH is 1. The summed E-state index contributed by atoms with van der Waals surface area (Å²) in [5.41, 5.74) is 2.93. The molecule has 1 heterocycles. The van der Waals surface area contributed by atoms with Crippen LogP contribution in [0.3, 0.4) is 0 Å².